The summed E-state index contributed by atoms with van der Waals surface area (Å²) >= 11 is 0. The smallest absolute Gasteiger partial charge is 0.340 e. The highest BCUT2D eigenvalue weighted by atomic mass is 16.5. The molecule has 0 aliphatic rings. The van der Waals surface area contributed by atoms with Crippen molar-refractivity contribution in [3.05, 3.63) is 23.5 Å². The number of hydrogen-bond donors (Lipinski definition) is 2. The molecule has 0 saturated carbocycles. The Hall–Kier alpha value is -2.11. The first-order chi connectivity index (χ1) is 9.43. The number of amides is 1. The predicted molar refractivity (Wildman–Crippen MR) is 76.2 cm³/mol. The fraction of sp³-hybridized carbons (Fsp3) is 0.500. The first-order valence-corrected chi connectivity index (χ1v) is 6.62. The number of carbonyl (C=O) groups is 2. The van der Waals surface area contributed by atoms with E-state index in [1.807, 2.05) is 13.8 Å². The molecule has 6 nitrogen and oxygen atoms in total. The molecule has 0 radical (unpaired) electrons. The molecule has 1 aromatic rings. The fourth-order valence-corrected chi connectivity index (χ4v) is 1.79. The van der Waals surface area contributed by atoms with Crippen molar-refractivity contribution in [2.45, 2.75) is 39.7 Å². The zero-order valence-corrected chi connectivity index (χ0v) is 12.1. The minimum atomic E-state index is -0.597. The van der Waals surface area contributed by atoms with E-state index in [2.05, 4.69) is 10.3 Å². The molecule has 1 rings (SSSR count). The summed E-state index contributed by atoms with van der Waals surface area (Å²) < 4.78 is 4.96. The van der Waals surface area contributed by atoms with E-state index in [0.717, 1.165) is 12.8 Å². The van der Waals surface area contributed by atoms with Gasteiger partial charge in [-0.15, -0.1) is 0 Å². The van der Waals surface area contributed by atoms with E-state index >= 15 is 0 Å². The monoisotopic (exact) mass is 279 g/mol. The van der Waals surface area contributed by atoms with Crippen LogP contribution in [0.15, 0.2) is 12.3 Å². The number of aryl methyl sites for hydroxylation is 1. The van der Waals surface area contributed by atoms with E-state index in [9.17, 15) is 9.59 Å². The molecule has 110 valence electrons. The number of nitrogen functional groups attached to an aromatic ring is 1. The van der Waals surface area contributed by atoms with Gasteiger partial charge in [0.25, 0.3) is 5.91 Å². The predicted octanol–water partition coefficient (Wildman–Crippen LogP) is 1.43. The maximum atomic E-state index is 11.8. The molecule has 1 atom stereocenters. The van der Waals surface area contributed by atoms with Gasteiger partial charge >= 0.3 is 5.97 Å². The van der Waals surface area contributed by atoms with Gasteiger partial charge in [-0.2, -0.15) is 0 Å². The number of nitrogens with two attached hydrogens (primary N) is 1. The lowest BCUT2D eigenvalue weighted by Crippen LogP contribution is -2.35. The number of carbonyl (C=O) groups excluding carboxylic acids is 2. The van der Waals surface area contributed by atoms with Gasteiger partial charge in [0.2, 0.25) is 0 Å². The quantitative estimate of drug-likeness (QED) is 0.768. The summed E-state index contributed by atoms with van der Waals surface area (Å²) in [6, 6.07) is 1.56. The van der Waals surface area contributed by atoms with Crippen LogP contribution in [0.1, 0.15) is 42.7 Å². The van der Waals surface area contributed by atoms with Crippen molar-refractivity contribution >= 4 is 17.6 Å². The van der Waals surface area contributed by atoms with E-state index in [1.54, 1.807) is 6.92 Å². The van der Waals surface area contributed by atoms with Crippen LogP contribution in [0.4, 0.5) is 5.69 Å². The van der Waals surface area contributed by atoms with Gasteiger partial charge in [0.1, 0.15) is 0 Å². The molecule has 0 saturated heterocycles. The SMILES string of the molecule is CCCC(C)NC(=O)COC(=O)c1cc(N)cnc1C. The number of esters is 1. The Morgan fingerprint density at radius 2 is 2.20 bits per heavy atom. The maximum absolute atomic E-state index is 11.8. The second-order valence-electron chi connectivity index (χ2n) is 4.73. The molecular formula is C14H21N3O3. The molecule has 0 aliphatic heterocycles. The molecule has 1 aromatic heterocycles. The summed E-state index contributed by atoms with van der Waals surface area (Å²) in [5.41, 5.74) is 6.74. The lowest BCUT2D eigenvalue weighted by Gasteiger charge is -2.13. The molecule has 0 aromatic carbocycles. The highest BCUT2D eigenvalue weighted by molar-refractivity contribution is 5.93. The average Bonchev–Trinajstić information content (AvgIpc) is 2.39. The van der Waals surface area contributed by atoms with Crippen molar-refractivity contribution in [2.75, 3.05) is 12.3 Å². The second-order valence-corrected chi connectivity index (χ2v) is 4.73. The van der Waals surface area contributed by atoms with E-state index in [0.29, 0.717) is 11.4 Å². The summed E-state index contributed by atoms with van der Waals surface area (Å²) in [6.45, 7) is 5.33. The van der Waals surface area contributed by atoms with Crippen LogP contribution in [0.5, 0.6) is 0 Å². The number of aromatic nitrogens is 1. The minimum Gasteiger partial charge on any atom is -0.452 e. The normalized spacial score (nSPS) is 11.8. The number of hydrogen-bond acceptors (Lipinski definition) is 5. The summed E-state index contributed by atoms with van der Waals surface area (Å²) in [6.07, 6.45) is 3.33. The molecule has 0 aliphatic carbocycles. The fourth-order valence-electron chi connectivity index (χ4n) is 1.79. The Balaban J connectivity index is 2.51. The third-order valence-corrected chi connectivity index (χ3v) is 2.79. The summed E-state index contributed by atoms with van der Waals surface area (Å²) in [5.74, 6) is -0.908. The zero-order valence-electron chi connectivity index (χ0n) is 12.1. The zero-order chi connectivity index (χ0) is 15.1. The number of anilines is 1. The second kappa shape index (κ2) is 7.47. The maximum Gasteiger partial charge on any atom is 0.340 e. The summed E-state index contributed by atoms with van der Waals surface area (Å²) in [4.78, 5) is 27.4. The molecule has 1 amide bonds. The Labute approximate surface area is 118 Å². The third kappa shape index (κ3) is 4.87. The average molecular weight is 279 g/mol. The molecule has 0 fully saturated rings. The standard InChI is InChI=1S/C14H21N3O3/c1-4-5-9(2)17-13(18)8-20-14(19)12-6-11(15)7-16-10(12)3/h6-7,9H,4-5,8,15H2,1-3H3,(H,17,18). The minimum absolute atomic E-state index is 0.0713. The van der Waals surface area contributed by atoms with Crippen molar-refractivity contribution in [2.24, 2.45) is 0 Å². The summed E-state index contributed by atoms with van der Waals surface area (Å²) in [7, 11) is 0. The number of pyridine rings is 1. The van der Waals surface area contributed by atoms with Crippen molar-refractivity contribution < 1.29 is 14.3 Å². The van der Waals surface area contributed by atoms with Crippen LogP contribution in [0.25, 0.3) is 0 Å². The Morgan fingerprint density at radius 1 is 1.50 bits per heavy atom. The van der Waals surface area contributed by atoms with Crippen LogP contribution in [0.2, 0.25) is 0 Å². The van der Waals surface area contributed by atoms with Crippen molar-refractivity contribution in [1.82, 2.24) is 10.3 Å². The molecule has 0 spiro atoms. The number of nitrogens with zero attached hydrogens (tertiary/aromatic N) is 1. The number of ether oxygens (including phenoxy) is 1. The molecule has 3 N–H and O–H groups in total. The lowest BCUT2D eigenvalue weighted by molar-refractivity contribution is -0.124. The number of rotatable bonds is 6. The van der Waals surface area contributed by atoms with Gasteiger partial charge in [-0.25, -0.2) is 4.79 Å². The van der Waals surface area contributed by atoms with Crippen molar-refractivity contribution in [3.8, 4) is 0 Å². The highest BCUT2D eigenvalue weighted by Crippen LogP contribution is 2.10. The van der Waals surface area contributed by atoms with Crippen LogP contribution >= 0.6 is 0 Å². The third-order valence-electron chi connectivity index (χ3n) is 2.79. The van der Waals surface area contributed by atoms with Crippen molar-refractivity contribution in [1.29, 1.82) is 0 Å². The van der Waals surface area contributed by atoms with Crippen LogP contribution in [-0.2, 0) is 9.53 Å². The summed E-state index contributed by atoms with van der Waals surface area (Å²) in [5, 5.41) is 2.76. The van der Waals surface area contributed by atoms with Gasteiger partial charge in [0.05, 0.1) is 23.1 Å². The molecule has 1 heterocycles. The first-order valence-electron chi connectivity index (χ1n) is 6.62. The highest BCUT2D eigenvalue weighted by Gasteiger charge is 2.14. The Bertz CT molecular complexity index is 489. The van der Waals surface area contributed by atoms with Gasteiger partial charge in [0, 0.05) is 6.04 Å². The van der Waals surface area contributed by atoms with Crippen LogP contribution in [0, 0.1) is 6.92 Å². The molecule has 1 unspecified atom stereocenters. The van der Waals surface area contributed by atoms with E-state index in [1.165, 1.54) is 12.3 Å². The number of nitrogens with one attached hydrogen (secondary N) is 1. The van der Waals surface area contributed by atoms with Crippen LogP contribution < -0.4 is 11.1 Å². The van der Waals surface area contributed by atoms with Crippen LogP contribution in [0.3, 0.4) is 0 Å². The largest absolute Gasteiger partial charge is 0.452 e. The molecular weight excluding hydrogens is 258 g/mol. The van der Waals surface area contributed by atoms with Gasteiger partial charge in [-0.3, -0.25) is 9.78 Å². The van der Waals surface area contributed by atoms with E-state index < -0.39 is 5.97 Å². The molecule has 0 bridgehead atoms. The molecule has 6 heteroatoms. The van der Waals surface area contributed by atoms with Crippen LogP contribution in [-0.4, -0.2) is 29.5 Å². The van der Waals surface area contributed by atoms with E-state index in [-0.39, 0.29) is 24.1 Å². The lowest BCUT2D eigenvalue weighted by atomic mass is 10.2. The Kier molecular flexibility index (Phi) is 5.96. The Morgan fingerprint density at radius 3 is 2.85 bits per heavy atom. The molecule has 20 heavy (non-hydrogen) atoms. The van der Waals surface area contributed by atoms with Gasteiger partial charge in [-0.05, 0) is 26.3 Å². The van der Waals surface area contributed by atoms with Gasteiger partial charge in [0.15, 0.2) is 6.61 Å². The van der Waals surface area contributed by atoms with Gasteiger partial charge in [-0.1, -0.05) is 13.3 Å². The van der Waals surface area contributed by atoms with Crippen molar-refractivity contribution in [3.63, 3.8) is 0 Å². The topological polar surface area (TPSA) is 94.3 Å². The van der Waals surface area contributed by atoms with E-state index in [4.69, 9.17) is 10.5 Å². The van der Waals surface area contributed by atoms with Gasteiger partial charge < -0.3 is 15.8 Å². The first kappa shape index (κ1) is 15.9.